The summed E-state index contributed by atoms with van der Waals surface area (Å²) >= 11 is 0. The molecular formula is C15H20N2O3S. The first-order valence-corrected chi connectivity index (χ1v) is 8.55. The normalized spacial score (nSPS) is 26.2. The molecular weight excluding hydrogens is 288 g/mol. The largest absolute Gasteiger partial charge is 0.389 e. The van der Waals surface area contributed by atoms with Gasteiger partial charge in [-0.3, -0.25) is 0 Å². The maximum Gasteiger partial charge on any atom is 0.240 e. The van der Waals surface area contributed by atoms with E-state index in [0.29, 0.717) is 24.3 Å². The Labute approximate surface area is 125 Å². The van der Waals surface area contributed by atoms with Crippen molar-refractivity contribution in [1.29, 1.82) is 5.26 Å². The minimum absolute atomic E-state index is 0.0104. The summed E-state index contributed by atoms with van der Waals surface area (Å²) in [6, 6.07) is 7.77. The number of rotatable bonds is 4. The minimum Gasteiger partial charge on any atom is -0.389 e. The molecule has 21 heavy (non-hydrogen) atoms. The Kier molecular flexibility index (Phi) is 4.67. The molecule has 6 heteroatoms. The van der Waals surface area contributed by atoms with E-state index in [1.807, 2.05) is 6.07 Å². The molecule has 1 aromatic carbocycles. The number of aliphatic hydroxyl groups is 1. The average molecular weight is 308 g/mol. The van der Waals surface area contributed by atoms with Crippen molar-refractivity contribution in [3.05, 3.63) is 29.8 Å². The SMILES string of the molecule is CC1CCCC(O)(CNS(=O)(=O)c2cccc(C#N)c2)C1. The van der Waals surface area contributed by atoms with Crippen LogP contribution in [0.25, 0.3) is 0 Å². The molecule has 114 valence electrons. The fourth-order valence-corrected chi connectivity index (χ4v) is 4.00. The third-order valence-electron chi connectivity index (χ3n) is 3.93. The van der Waals surface area contributed by atoms with E-state index < -0.39 is 15.6 Å². The van der Waals surface area contributed by atoms with Crippen molar-refractivity contribution in [1.82, 2.24) is 4.72 Å². The second kappa shape index (κ2) is 6.14. The second-order valence-corrected chi connectivity index (χ2v) is 7.66. The van der Waals surface area contributed by atoms with Gasteiger partial charge >= 0.3 is 0 Å². The number of sulfonamides is 1. The van der Waals surface area contributed by atoms with Crippen molar-refractivity contribution >= 4 is 10.0 Å². The smallest absolute Gasteiger partial charge is 0.240 e. The molecule has 0 spiro atoms. The molecule has 1 aliphatic rings. The van der Waals surface area contributed by atoms with Crippen molar-refractivity contribution in [2.75, 3.05) is 6.54 Å². The zero-order valence-electron chi connectivity index (χ0n) is 12.0. The van der Waals surface area contributed by atoms with Gasteiger partial charge in [-0.05, 0) is 37.0 Å². The first-order chi connectivity index (χ1) is 9.85. The van der Waals surface area contributed by atoms with E-state index in [9.17, 15) is 13.5 Å². The molecule has 1 aromatic rings. The maximum absolute atomic E-state index is 12.2. The number of benzene rings is 1. The standard InChI is InChI=1S/C15H20N2O3S/c1-12-4-3-7-15(18,9-12)11-17-21(19,20)14-6-2-5-13(8-14)10-16/h2,5-6,8,12,17-18H,3-4,7,9,11H2,1H3. The van der Waals surface area contributed by atoms with Gasteiger partial charge in [0.2, 0.25) is 10.0 Å². The van der Waals surface area contributed by atoms with Crippen molar-refractivity contribution < 1.29 is 13.5 Å². The molecule has 2 N–H and O–H groups in total. The van der Waals surface area contributed by atoms with E-state index in [0.717, 1.165) is 12.8 Å². The van der Waals surface area contributed by atoms with Crippen LogP contribution in [-0.4, -0.2) is 25.7 Å². The molecule has 0 aliphatic heterocycles. The summed E-state index contributed by atoms with van der Waals surface area (Å²) in [5, 5.41) is 19.3. The Morgan fingerprint density at radius 1 is 1.52 bits per heavy atom. The highest BCUT2D eigenvalue weighted by atomic mass is 32.2. The third-order valence-corrected chi connectivity index (χ3v) is 5.33. The highest BCUT2D eigenvalue weighted by molar-refractivity contribution is 7.89. The van der Waals surface area contributed by atoms with Crippen molar-refractivity contribution in [3.8, 4) is 6.07 Å². The molecule has 5 nitrogen and oxygen atoms in total. The van der Waals surface area contributed by atoms with Gasteiger partial charge in [0, 0.05) is 6.54 Å². The highest BCUT2D eigenvalue weighted by Gasteiger charge is 2.33. The second-order valence-electron chi connectivity index (χ2n) is 5.89. The van der Waals surface area contributed by atoms with Gasteiger partial charge in [-0.15, -0.1) is 0 Å². The molecule has 0 aromatic heterocycles. The van der Waals surface area contributed by atoms with E-state index in [1.165, 1.54) is 18.2 Å². The maximum atomic E-state index is 12.2. The summed E-state index contributed by atoms with van der Waals surface area (Å²) in [6.45, 7) is 2.07. The Morgan fingerprint density at radius 3 is 2.95 bits per heavy atom. The van der Waals surface area contributed by atoms with E-state index in [1.54, 1.807) is 6.07 Å². The van der Waals surface area contributed by atoms with Gasteiger partial charge in [0.05, 0.1) is 22.1 Å². The quantitative estimate of drug-likeness (QED) is 0.887. The van der Waals surface area contributed by atoms with E-state index in [-0.39, 0.29) is 11.4 Å². The van der Waals surface area contributed by atoms with Crippen molar-refractivity contribution in [3.63, 3.8) is 0 Å². The van der Waals surface area contributed by atoms with Crippen molar-refractivity contribution in [2.45, 2.75) is 43.1 Å². The molecule has 2 atom stereocenters. The van der Waals surface area contributed by atoms with Crippen LogP contribution in [0.2, 0.25) is 0 Å². The fraction of sp³-hybridized carbons (Fsp3) is 0.533. The molecule has 0 heterocycles. The van der Waals surface area contributed by atoms with Crippen LogP contribution in [0.5, 0.6) is 0 Å². The molecule has 2 unspecified atom stereocenters. The first kappa shape index (κ1) is 16.0. The van der Waals surface area contributed by atoms with E-state index in [4.69, 9.17) is 5.26 Å². The molecule has 0 amide bonds. The lowest BCUT2D eigenvalue weighted by Gasteiger charge is -2.35. The number of hydrogen-bond acceptors (Lipinski definition) is 4. The summed E-state index contributed by atoms with van der Waals surface area (Å²) in [5.74, 6) is 0.398. The lowest BCUT2D eigenvalue weighted by molar-refractivity contribution is -0.00751. The predicted molar refractivity (Wildman–Crippen MR) is 78.9 cm³/mol. The van der Waals surface area contributed by atoms with Crippen molar-refractivity contribution in [2.24, 2.45) is 5.92 Å². The monoisotopic (exact) mass is 308 g/mol. The van der Waals surface area contributed by atoms with Crippen LogP contribution < -0.4 is 4.72 Å². The summed E-state index contributed by atoms with van der Waals surface area (Å²) in [7, 11) is -3.71. The van der Waals surface area contributed by atoms with Gasteiger partial charge in [-0.2, -0.15) is 5.26 Å². The number of hydrogen-bond donors (Lipinski definition) is 2. The first-order valence-electron chi connectivity index (χ1n) is 7.07. The fourth-order valence-electron chi connectivity index (χ4n) is 2.84. The van der Waals surface area contributed by atoms with Crippen LogP contribution in [-0.2, 0) is 10.0 Å². The predicted octanol–water partition coefficient (Wildman–Crippen LogP) is 1.78. The summed E-state index contributed by atoms with van der Waals surface area (Å²) in [5.41, 5.74) is -0.680. The summed E-state index contributed by atoms with van der Waals surface area (Å²) < 4.78 is 26.9. The highest BCUT2D eigenvalue weighted by Crippen LogP contribution is 2.31. The molecule has 1 aliphatic carbocycles. The Morgan fingerprint density at radius 2 is 2.29 bits per heavy atom. The lowest BCUT2D eigenvalue weighted by Crippen LogP contribution is -2.45. The van der Waals surface area contributed by atoms with Crippen LogP contribution in [0, 0.1) is 17.2 Å². The Bertz CT molecular complexity index is 651. The molecule has 0 saturated heterocycles. The molecule has 1 fully saturated rings. The Balaban J connectivity index is 2.09. The topological polar surface area (TPSA) is 90.2 Å². The lowest BCUT2D eigenvalue weighted by atomic mass is 9.79. The van der Waals surface area contributed by atoms with Crippen LogP contribution in [0.15, 0.2) is 29.2 Å². The van der Waals surface area contributed by atoms with Crippen LogP contribution in [0.3, 0.4) is 0 Å². The van der Waals surface area contributed by atoms with Gasteiger partial charge in [-0.25, -0.2) is 13.1 Å². The van der Waals surface area contributed by atoms with Gasteiger partial charge < -0.3 is 5.11 Å². The molecule has 2 rings (SSSR count). The number of nitriles is 1. The van der Waals surface area contributed by atoms with Crippen LogP contribution in [0.4, 0.5) is 0 Å². The molecule has 0 bridgehead atoms. The van der Waals surface area contributed by atoms with Gasteiger partial charge in [0.1, 0.15) is 0 Å². The summed E-state index contributed by atoms with van der Waals surface area (Å²) in [6.07, 6.45) is 3.19. The zero-order valence-corrected chi connectivity index (χ0v) is 12.9. The minimum atomic E-state index is -3.71. The van der Waals surface area contributed by atoms with Crippen LogP contribution in [0.1, 0.15) is 38.2 Å². The average Bonchev–Trinajstić information content (AvgIpc) is 2.45. The van der Waals surface area contributed by atoms with Gasteiger partial charge in [-0.1, -0.05) is 25.8 Å². The number of nitrogens with zero attached hydrogens (tertiary/aromatic N) is 1. The molecule has 1 saturated carbocycles. The Hall–Kier alpha value is -1.42. The van der Waals surface area contributed by atoms with E-state index >= 15 is 0 Å². The van der Waals surface area contributed by atoms with Gasteiger partial charge in [0.15, 0.2) is 0 Å². The van der Waals surface area contributed by atoms with E-state index in [2.05, 4.69) is 11.6 Å². The zero-order chi connectivity index (χ0) is 15.5. The third kappa shape index (κ3) is 4.03. The van der Waals surface area contributed by atoms with Crippen LogP contribution >= 0.6 is 0 Å². The summed E-state index contributed by atoms with van der Waals surface area (Å²) in [4.78, 5) is 0.0500. The molecule has 0 radical (unpaired) electrons. The van der Waals surface area contributed by atoms with Gasteiger partial charge in [0.25, 0.3) is 0 Å². The number of nitrogens with one attached hydrogen (secondary N) is 1.